The average Bonchev–Trinajstić information content (AvgIpc) is 2.75. The number of hydrogen-bond donors (Lipinski definition) is 1. The summed E-state index contributed by atoms with van der Waals surface area (Å²) >= 11 is 3.62. The fourth-order valence-electron chi connectivity index (χ4n) is 2.47. The SMILES string of the molecule is CNC(c1ccc(C)nc1C)c1c(Br)cnn1C(C)C. The molecule has 0 saturated heterocycles. The Balaban J connectivity index is 2.55. The van der Waals surface area contributed by atoms with Crippen LogP contribution in [0.4, 0.5) is 0 Å². The van der Waals surface area contributed by atoms with Crippen LogP contribution in [0.2, 0.25) is 0 Å². The Hall–Kier alpha value is -1.20. The van der Waals surface area contributed by atoms with Crippen LogP contribution in [0.15, 0.2) is 22.8 Å². The minimum atomic E-state index is 0.0716. The molecule has 108 valence electrons. The first-order valence-electron chi connectivity index (χ1n) is 6.80. The van der Waals surface area contributed by atoms with E-state index in [9.17, 15) is 0 Å². The van der Waals surface area contributed by atoms with Crippen molar-refractivity contribution in [3.63, 3.8) is 0 Å². The third-order valence-electron chi connectivity index (χ3n) is 3.42. The van der Waals surface area contributed by atoms with Gasteiger partial charge >= 0.3 is 0 Å². The summed E-state index contributed by atoms with van der Waals surface area (Å²) in [6, 6.07) is 4.58. The van der Waals surface area contributed by atoms with Crippen molar-refractivity contribution in [2.75, 3.05) is 7.05 Å². The number of aryl methyl sites for hydroxylation is 2. The van der Waals surface area contributed by atoms with Crippen LogP contribution in [0.5, 0.6) is 0 Å². The predicted molar refractivity (Wildman–Crippen MR) is 84.9 cm³/mol. The highest BCUT2D eigenvalue weighted by Gasteiger charge is 2.23. The molecule has 0 spiro atoms. The van der Waals surface area contributed by atoms with Crippen molar-refractivity contribution in [2.24, 2.45) is 0 Å². The van der Waals surface area contributed by atoms with E-state index in [1.54, 1.807) is 0 Å². The monoisotopic (exact) mass is 336 g/mol. The zero-order valence-corrected chi connectivity index (χ0v) is 14.2. The lowest BCUT2D eigenvalue weighted by Crippen LogP contribution is -2.24. The van der Waals surface area contributed by atoms with Crippen LogP contribution in [0.3, 0.4) is 0 Å². The zero-order chi connectivity index (χ0) is 14.9. The third kappa shape index (κ3) is 2.79. The van der Waals surface area contributed by atoms with Crippen LogP contribution < -0.4 is 5.32 Å². The van der Waals surface area contributed by atoms with Gasteiger partial charge in [0.05, 0.1) is 22.4 Å². The number of nitrogens with zero attached hydrogens (tertiary/aromatic N) is 3. The molecule has 0 aromatic carbocycles. The standard InChI is InChI=1S/C15H21BrN4/c1-9(2)20-15(13(16)8-18-20)14(17-5)12-7-6-10(3)19-11(12)4/h6-9,14,17H,1-5H3. The molecule has 0 aliphatic heterocycles. The van der Waals surface area contributed by atoms with Gasteiger partial charge in [-0.3, -0.25) is 9.67 Å². The fourth-order valence-corrected chi connectivity index (χ4v) is 2.98. The van der Waals surface area contributed by atoms with Crippen molar-refractivity contribution >= 4 is 15.9 Å². The van der Waals surface area contributed by atoms with E-state index in [-0.39, 0.29) is 6.04 Å². The van der Waals surface area contributed by atoms with E-state index in [1.165, 1.54) is 5.56 Å². The molecule has 2 heterocycles. The average molecular weight is 337 g/mol. The summed E-state index contributed by atoms with van der Waals surface area (Å²) in [7, 11) is 1.97. The van der Waals surface area contributed by atoms with Gasteiger partial charge < -0.3 is 5.32 Å². The van der Waals surface area contributed by atoms with Crippen molar-refractivity contribution in [1.82, 2.24) is 20.1 Å². The molecule has 5 heteroatoms. The normalized spacial score (nSPS) is 12.9. The molecule has 20 heavy (non-hydrogen) atoms. The van der Waals surface area contributed by atoms with Crippen LogP contribution in [0.25, 0.3) is 0 Å². The van der Waals surface area contributed by atoms with E-state index in [1.807, 2.05) is 24.9 Å². The quantitative estimate of drug-likeness (QED) is 0.928. The topological polar surface area (TPSA) is 42.7 Å². The maximum absolute atomic E-state index is 4.57. The van der Waals surface area contributed by atoms with Gasteiger partial charge in [-0.15, -0.1) is 0 Å². The Labute approximate surface area is 128 Å². The van der Waals surface area contributed by atoms with Gasteiger partial charge in [-0.1, -0.05) is 6.07 Å². The first kappa shape index (κ1) is 15.2. The molecule has 0 fully saturated rings. The number of rotatable bonds is 4. The Morgan fingerprint density at radius 2 is 1.95 bits per heavy atom. The van der Waals surface area contributed by atoms with Crippen LogP contribution in [-0.4, -0.2) is 21.8 Å². The van der Waals surface area contributed by atoms with Crippen LogP contribution in [-0.2, 0) is 0 Å². The summed E-state index contributed by atoms with van der Waals surface area (Å²) in [4.78, 5) is 4.57. The van der Waals surface area contributed by atoms with Crippen molar-refractivity contribution in [3.8, 4) is 0 Å². The molecule has 0 radical (unpaired) electrons. The molecule has 1 unspecified atom stereocenters. The molecule has 0 aliphatic carbocycles. The van der Waals surface area contributed by atoms with Gasteiger partial charge in [-0.25, -0.2) is 0 Å². The molecule has 0 amide bonds. The van der Waals surface area contributed by atoms with Crippen LogP contribution >= 0.6 is 15.9 Å². The van der Waals surface area contributed by atoms with Crippen LogP contribution in [0, 0.1) is 13.8 Å². The number of nitrogens with one attached hydrogen (secondary N) is 1. The smallest absolute Gasteiger partial charge is 0.0775 e. The van der Waals surface area contributed by atoms with Crippen LogP contribution in [0.1, 0.15) is 48.6 Å². The van der Waals surface area contributed by atoms with E-state index in [4.69, 9.17) is 0 Å². The summed E-state index contributed by atoms with van der Waals surface area (Å²) in [6.45, 7) is 8.34. The molecule has 0 aliphatic rings. The summed E-state index contributed by atoms with van der Waals surface area (Å²) in [5.74, 6) is 0. The van der Waals surface area contributed by atoms with Crippen molar-refractivity contribution in [3.05, 3.63) is 45.4 Å². The minimum Gasteiger partial charge on any atom is -0.308 e. The maximum atomic E-state index is 4.57. The number of pyridine rings is 1. The molecule has 2 aromatic heterocycles. The molecular weight excluding hydrogens is 316 g/mol. The van der Waals surface area contributed by atoms with Gasteiger partial charge in [-0.2, -0.15) is 5.10 Å². The highest BCUT2D eigenvalue weighted by molar-refractivity contribution is 9.10. The Bertz CT molecular complexity index is 604. The van der Waals surface area contributed by atoms with E-state index in [0.29, 0.717) is 6.04 Å². The first-order valence-corrected chi connectivity index (χ1v) is 7.59. The molecule has 2 rings (SSSR count). The third-order valence-corrected chi connectivity index (χ3v) is 4.03. The second-order valence-electron chi connectivity index (χ2n) is 5.27. The van der Waals surface area contributed by atoms with E-state index < -0.39 is 0 Å². The summed E-state index contributed by atoms with van der Waals surface area (Å²) in [6.07, 6.45) is 1.86. The van der Waals surface area contributed by atoms with Crippen molar-refractivity contribution < 1.29 is 0 Å². The number of hydrogen-bond acceptors (Lipinski definition) is 3. The fraction of sp³-hybridized carbons (Fsp3) is 0.467. The number of aromatic nitrogens is 3. The molecular formula is C15H21BrN4. The lowest BCUT2D eigenvalue weighted by molar-refractivity contribution is 0.482. The lowest BCUT2D eigenvalue weighted by atomic mass is 10.0. The highest BCUT2D eigenvalue weighted by atomic mass is 79.9. The van der Waals surface area contributed by atoms with Gasteiger partial charge in [0, 0.05) is 17.4 Å². The van der Waals surface area contributed by atoms with Crippen molar-refractivity contribution in [2.45, 2.75) is 39.8 Å². The van der Waals surface area contributed by atoms with Gasteiger partial charge in [0.2, 0.25) is 0 Å². The van der Waals surface area contributed by atoms with Gasteiger partial charge in [0.25, 0.3) is 0 Å². The van der Waals surface area contributed by atoms with Gasteiger partial charge in [0.1, 0.15) is 0 Å². The Kier molecular flexibility index (Phi) is 4.60. The lowest BCUT2D eigenvalue weighted by Gasteiger charge is -2.22. The Morgan fingerprint density at radius 1 is 1.25 bits per heavy atom. The predicted octanol–water partition coefficient (Wildman–Crippen LogP) is 3.55. The first-order chi connectivity index (χ1) is 9.45. The van der Waals surface area contributed by atoms with E-state index >= 15 is 0 Å². The van der Waals surface area contributed by atoms with Crippen molar-refractivity contribution in [1.29, 1.82) is 0 Å². The second kappa shape index (κ2) is 6.06. The molecule has 0 saturated carbocycles. The van der Waals surface area contributed by atoms with E-state index in [2.05, 4.69) is 64.2 Å². The summed E-state index contributed by atoms with van der Waals surface area (Å²) in [5.41, 5.74) is 4.41. The number of halogens is 1. The maximum Gasteiger partial charge on any atom is 0.0775 e. The minimum absolute atomic E-state index is 0.0716. The molecule has 4 nitrogen and oxygen atoms in total. The summed E-state index contributed by atoms with van der Waals surface area (Å²) < 4.78 is 3.07. The van der Waals surface area contributed by atoms with Gasteiger partial charge in [-0.05, 0) is 62.3 Å². The molecule has 1 atom stereocenters. The Morgan fingerprint density at radius 3 is 2.50 bits per heavy atom. The molecule has 1 N–H and O–H groups in total. The largest absolute Gasteiger partial charge is 0.308 e. The zero-order valence-electron chi connectivity index (χ0n) is 12.6. The molecule has 0 bridgehead atoms. The van der Waals surface area contributed by atoms with E-state index in [0.717, 1.165) is 21.6 Å². The molecule has 2 aromatic rings. The van der Waals surface area contributed by atoms with Gasteiger partial charge in [0.15, 0.2) is 0 Å². The summed E-state index contributed by atoms with van der Waals surface area (Å²) in [5, 5.41) is 7.85. The highest BCUT2D eigenvalue weighted by Crippen LogP contribution is 2.31. The second-order valence-corrected chi connectivity index (χ2v) is 6.12.